The van der Waals surface area contributed by atoms with E-state index in [0.717, 1.165) is 11.3 Å². The summed E-state index contributed by atoms with van der Waals surface area (Å²) >= 11 is 2.49. The molecule has 2 aliphatic rings. The molecule has 3 aromatic rings. The van der Waals surface area contributed by atoms with Gasteiger partial charge in [0.15, 0.2) is 10.8 Å². The molecule has 0 radical (unpaired) electrons. The van der Waals surface area contributed by atoms with Gasteiger partial charge in [-0.05, 0) is 5.57 Å². The van der Waals surface area contributed by atoms with Crippen molar-refractivity contribution in [3.63, 3.8) is 0 Å². The molecule has 2 aliphatic heterocycles. The van der Waals surface area contributed by atoms with Crippen molar-refractivity contribution in [2.45, 2.75) is 24.9 Å². The number of carboxylic acid groups (broad SMARTS) is 1. The number of oxime groups is 1. The van der Waals surface area contributed by atoms with Gasteiger partial charge in [0.05, 0.1) is 12.7 Å². The van der Waals surface area contributed by atoms with Crippen LogP contribution in [0.15, 0.2) is 40.3 Å². The van der Waals surface area contributed by atoms with Gasteiger partial charge in [-0.15, -0.1) is 27.6 Å². The molecule has 5 heterocycles. The van der Waals surface area contributed by atoms with Crippen LogP contribution in [-0.2, 0) is 25.8 Å². The zero-order valence-corrected chi connectivity index (χ0v) is 20.6. The zero-order chi connectivity index (χ0) is 25.6. The van der Waals surface area contributed by atoms with E-state index in [9.17, 15) is 19.5 Å². The van der Waals surface area contributed by atoms with Crippen LogP contribution in [0.2, 0.25) is 0 Å². The number of thioether (sulfide) groups is 1. The molecule has 0 saturated carbocycles. The average molecular weight is 531 g/mol. The number of rotatable bonds is 7. The number of β-lactam (4-membered cyclic amide) rings is 1. The van der Waals surface area contributed by atoms with Gasteiger partial charge in [-0.1, -0.05) is 15.1 Å². The summed E-state index contributed by atoms with van der Waals surface area (Å²) in [6.07, 6.45) is 3.39. The number of nitrogens with one attached hydrogen (secondary N) is 1. The third kappa shape index (κ3) is 3.93. The number of nitrogens with zero attached hydrogens (tertiary/aromatic N) is 7. The highest BCUT2D eigenvalue weighted by molar-refractivity contribution is 8.00. The minimum absolute atomic E-state index is 0.0990. The van der Waals surface area contributed by atoms with Gasteiger partial charge in [0.2, 0.25) is 5.82 Å². The molecule has 14 nitrogen and oxygen atoms in total. The van der Waals surface area contributed by atoms with Gasteiger partial charge in [-0.2, -0.15) is 4.68 Å². The van der Waals surface area contributed by atoms with Crippen LogP contribution in [0.4, 0.5) is 5.13 Å². The predicted molar refractivity (Wildman–Crippen MR) is 128 cm³/mol. The van der Waals surface area contributed by atoms with E-state index >= 15 is 0 Å². The first-order valence-corrected chi connectivity index (χ1v) is 12.5. The summed E-state index contributed by atoms with van der Waals surface area (Å²) in [6.45, 7) is 2.00. The number of hydrogen-bond donors (Lipinski definition) is 3. The molecule has 36 heavy (non-hydrogen) atoms. The maximum absolute atomic E-state index is 13.1. The average Bonchev–Trinajstić information content (AvgIpc) is 3.42. The number of aromatic nitrogens is 5. The Bertz CT molecular complexity index is 1460. The zero-order valence-electron chi connectivity index (χ0n) is 19.0. The van der Waals surface area contributed by atoms with Gasteiger partial charge in [0, 0.05) is 24.1 Å². The summed E-state index contributed by atoms with van der Waals surface area (Å²) in [5.41, 5.74) is 6.16. The van der Waals surface area contributed by atoms with E-state index in [1.54, 1.807) is 40.0 Å². The number of nitrogen functional groups attached to an aromatic ring is 1. The second-order valence-corrected chi connectivity index (χ2v) is 9.79. The van der Waals surface area contributed by atoms with Crippen LogP contribution >= 0.6 is 23.1 Å². The second-order valence-electron chi connectivity index (χ2n) is 7.79. The van der Waals surface area contributed by atoms with Gasteiger partial charge in [0.1, 0.15) is 36.1 Å². The molecule has 16 heteroatoms. The Kier molecular flexibility index (Phi) is 6.05. The second kappa shape index (κ2) is 9.19. The fourth-order valence-corrected chi connectivity index (χ4v) is 5.94. The maximum atomic E-state index is 13.1. The molecule has 2 amide bonds. The Balaban J connectivity index is 1.39. The van der Waals surface area contributed by atoms with E-state index in [1.165, 1.54) is 23.8 Å². The Morgan fingerprint density at radius 1 is 1.42 bits per heavy atom. The van der Waals surface area contributed by atoms with Crippen molar-refractivity contribution in [2.24, 2.45) is 5.16 Å². The van der Waals surface area contributed by atoms with Crippen molar-refractivity contribution >= 4 is 57.5 Å². The van der Waals surface area contributed by atoms with Crippen LogP contribution in [0.5, 0.6) is 0 Å². The smallest absolute Gasteiger partial charge is 0.457 e. The van der Waals surface area contributed by atoms with Gasteiger partial charge in [-0.25, -0.2) is 9.78 Å². The van der Waals surface area contributed by atoms with Gasteiger partial charge < -0.3 is 21.0 Å². The Morgan fingerprint density at radius 3 is 2.92 bits per heavy atom. The molecule has 1 fully saturated rings. The van der Waals surface area contributed by atoms with Crippen LogP contribution in [-0.4, -0.2) is 77.4 Å². The molecule has 5 rings (SSSR count). The number of fused-ring (bicyclic) bond motifs is 2. The Hall–Kier alpha value is -4.05. The van der Waals surface area contributed by atoms with Crippen molar-refractivity contribution in [2.75, 3.05) is 18.6 Å². The van der Waals surface area contributed by atoms with E-state index in [0.29, 0.717) is 22.9 Å². The third-order valence-electron chi connectivity index (χ3n) is 5.64. The number of aryl methyl sites for hydroxylation is 1. The summed E-state index contributed by atoms with van der Waals surface area (Å²) in [6, 6.07) is 0.807. The van der Waals surface area contributed by atoms with E-state index in [1.807, 2.05) is 0 Å². The lowest BCUT2D eigenvalue weighted by Crippen LogP contribution is -2.71. The topological polar surface area (TPSA) is 182 Å². The lowest BCUT2D eigenvalue weighted by atomic mass is 10.0. The summed E-state index contributed by atoms with van der Waals surface area (Å²) < 4.78 is 3.51. The summed E-state index contributed by atoms with van der Waals surface area (Å²) in [4.78, 5) is 56.8. The summed E-state index contributed by atoms with van der Waals surface area (Å²) in [5.74, 6) is -0.983. The normalized spacial score (nSPS) is 19.8. The fourth-order valence-electron chi connectivity index (χ4n) is 4.06. The quantitative estimate of drug-likeness (QED) is 0.151. The van der Waals surface area contributed by atoms with Crippen molar-refractivity contribution in [3.8, 4) is 0 Å². The van der Waals surface area contributed by atoms with Crippen LogP contribution in [0.1, 0.15) is 11.5 Å². The minimum atomic E-state index is -1.22. The molecule has 0 aromatic carbocycles. The van der Waals surface area contributed by atoms with E-state index in [-0.39, 0.29) is 28.8 Å². The molecule has 0 spiro atoms. The number of carbonyl (C=O) groups is 3. The van der Waals surface area contributed by atoms with E-state index in [4.69, 9.17) is 10.6 Å². The molecule has 4 N–H and O–H groups in total. The summed E-state index contributed by atoms with van der Waals surface area (Å²) in [7, 11) is 1.28. The first-order chi connectivity index (χ1) is 17.3. The molecular formula is C20H20N9O5S2+. The molecule has 1 saturated heterocycles. The van der Waals surface area contributed by atoms with Crippen LogP contribution in [0.3, 0.4) is 0 Å². The number of thiazole rings is 1. The van der Waals surface area contributed by atoms with Crippen molar-refractivity contribution in [3.05, 3.63) is 46.6 Å². The number of aliphatic carboxylic acids is 1. The first kappa shape index (κ1) is 23.7. The Labute approximate surface area is 211 Å². The van der Waals surface area contributed by atoms with Gasteiger partial charge in [-0.3, -0.25) is 14.5 Å². The Morgan fingerprint density at radius 2 is 2.22 bits per heavy atom. The van der Waals surface area contributed by atoms with E-state index in [2.05, 4.69) is 25.4 Å². The van der Waals surface area contributed by atoms with Crippen molar-refractivity contribution < 1.29 is 28.8 Å². The lowest BCUT2D eigenvalue weighted by molar-refractivity contribution is -0.612. The molecule has 186 valence electrons. The number of carboxylic acids is 1. The van der Waals surface area contributed by atoms with Crippen molar-refractivity contribution in [1.82, 2.24) is 29.9 Å². The highest BCUT2D eigenvalue weighted by Gasteiger charge is 2.54. The van der Waals surface area contributed by atoms with Crippen LogP contribution in [0, 0.1) is 6.92 Å². The van der Waals surface area contributed by atoms with Gasteiger partial charge >= 0.3 is 11.7 Å². The molecular weight excluding hydrogens is 510 g/mol. The fraction of sp³-hybridized carbons (Fsp3) is 0.300. The number of anilines is 1. The molecule has 0 bridgehead atoms. The SMILES string of the molecule is CO/N=C(\C(=O)N[C@@H]1C(=O)N2C(C(=O)O)=C(Cn3c(C)nc4nccc[n+]43)CS[C@H]12)c1csc(N)n1. The third-order valence-corrected chi connectivity index (χ3v) is 7.66. The summed E-state index contributed by atoms with van der Waals surface area (Å²) in [5, 5.41) is 17.5. The molecule has 0 unspecified atom stereocenters. The molecule has 0 aliphatic carbocycles. The highest BCUT2D eigenvalue weighted by atomic mass is 32.2. The number of hydrogen-bond acceptors (Lipinski definition) is 11. The minimum Gasteiger partial charge on any atom is -0.477 e. The standard InChI is InChI=1S/C20H19N9O5S2/c1-9-23-20-22-4-3-5-27(20)28(9)6-10-7-35-17-13(16(31)29(17)14(10)18(32)33)25-15(30)12(26-34-2)11-8-36-19(21)24-11/h3-5,8,13,17H,6-7H2,1-2H3,(H3-,21,24,25,30,32,33)/p+1/b26-12-/t13-,17-/m1/s1. The van der Waals surface area contributed by atoms with E-state index < -0.39 is 29.2 Å². The molecule has 3 aromatic heterocycles. The van der Waals surface area contributed by atoms with Crippen molar-refractivity contribution in [1.29, 1.82) is 0 Å². The monoisotopic (exact) mass is 530 g/mol. The molecule has 2 atom stereocenters. The largest absolute Gasteiger partial charge is 0.477 e. The predicted octanol–water partition coefficient (Wildman–Crippen LogP) is -0.847. The van der Waals surface area contributed by atoms with Gasteiger partial charge in [0.25, 0.3) is 11.8 Å². The first-order valence-electron chi connectivity index (χ1n) is 10.5. The number of nitrogens with two attached hydrogens (primary N) is 1. The van der Waals surface area contributed by atoms with Crippen LogP contribution in [0.25, 0.3) is 5.78 Å². The number of amides is 2. The maximum Gasteiger partial charge on any atom is 0.457 e. The number of carbonyl (C=O) groups excluding carboxylic acids is 2. The highest BCUT2D eigenvalue weighted by Crippen LogP contribution is 2.40. The van der Waals surface area contributed by atoms with Crippen LogP contribution < -0.4 is 15.6 Å². The lowest BCUT2D eigenvalue weighted by Gasteiger charge is -2.49.